The van der Waals surface area contributed by atoms with Crippen molar-refractivity contribution in [1.29, 1.82) is 0 Å². The molecule has 0 spiro atoms. The van der Waals surface area contributed by atoms with Gasteiger partial charge >= 0.3 is 0 Å². The summed E-state index contributed by atoms with van der Waals surface area (Å²) in [5.41, 5.74) is 6.95. The first kappa shape index (κ1) is 26.8. The molecule has 5 rings (SSSR count). The molecule has 0 saturated heterocycles. The number of para-hydroxylation sites is 1. The van der Waals surface area contributed by atoms with Gasteiger partial charge in [-0.15, -0.1) is 0 Å². The van der Waals surface area contributed by atoms with Crippen molar-refractivity contribution >= 4 is 5.91 Å². The lowest BCUT2D eigenvalue weighted by molar-refractivity contribution is 0.0925. The monoisotopic (exact) mass is 521 g/mol. The van der Waals surface area contributed by atoms with Gasteiger partial charge in [-0.05, 0) is 101 Å². The van der Waals surface area contributed by atoms with Crippen LogP contribution in [0.1, 0.15) is 84.7 Å². The fourth-order valence-corrected chi connectivity index (χ4v) is 5.50. The van der Waals surface area contributed by atoms with Crippen LogP contribution in [0.25, 0.3) is 0 Å². The van der Waals surface area contributed by atoms with Crippen molar-refractivity contribution in [1.82, 2.24) is 5.32 Å². The standard InChI is InChI=1S/C35H39NO3/c1-24-21-30-31(35(4,5)19-18-34(30,2)3)23-26(24)22-29-15-16-32(39-29)33(37)36-20-17-25-11-13-28(14-12-25)38-27-9-7-6-8-10-27/h6-16,21,23H,17-20,22H2,1-5H3,(H,36,37). The highest BCUT2D eigenvalue weighted by molar-refractivity contribution is 5.91. The maximum atomic E-state index is 12.7. The third kappa shape index (κ3) is 6.11. The van der Waals surface area contributed by atoms with Crippen molar-refractivity contribution in [2.24, 2.45) is 0 Å². The lowest BCUT2D eigenvalue weighted by Gasteiger charge is -2.42. The van der Waals surface area contributed by atoms with E-state index in [4.69, 9.17) is 9.15 Å². The van der Waals surface area contributed by atoms with Crippen molar-refractivity contribution in [3.63, 3.8) is 0 Å². The molecule has 39 heavy (non-hydrogen) atoms. The van der Waals surface area contributed by atoms with Gasteiger partial charge in [-0.2, -0.15) is 0 Å². The molecule has 3 aromatic carbocycles. The number of nitrogens with one attached hydrogen (secondary N) is 1. The van der Waals surface area contributed by atoms with Crippen LogP contribution in [0.5, 0.6) is 11.5 Å². The van der Waals surface area contributed by atoms with Crippen LogP contribution in [0.3, 0.4) is 0 Å². The van der Waals surface area contributed by atoms with E-state index in [0.29, 0.717) is 18.7 Å². The van der Waals surface area contributed by atoms with Crippen molar-refractivity contribution in [3.05, 3.63) is 118 Å². The maximum Gasteiger partial charge on any atom is 0.287 e. The number of benzene rings is 3. The first-order valence-electron chi connectivity index (χ1n) is 13.9. The first-order chi connectivity index (χ1) is 18.6. The van der Waals surface area contributed by atoms with Gasteiger partial charge in [-0.1, -0.05) is 70.2 Å². The Morgan fingerprint density at radius 2 is 1.49 bits per heavy atom. The molecule has 1 amide bonds. The number of carbonyl (C=O) groups excluding carboxylic acids is 1. The number of rotatable bonds is 8. The molecule has 1 N–H and O–H groups in total. The molecule has 4 aromatic rings. The zero-order chi connectivity index (χ0) is 27.6. The molecule has 0 radical (unpaired) electrons. The van der Waals surface area contributed by atoms with Crippen LogP contribution in [-0.4, -0.2) is 12.5 Å². The van der Waals surface area contributed by atoms with Crippen molar-refractivity contribution < 1.29 is 13.9 Å². The number of hydrogen-bond acceptors (Lipinski definition) is 3. The highest BCUT2D eigenvalue weighted by Gasteiger charge is 2.37. The second-order valence-corrected chi connectivity index (χ2v) is 12.1. The van der Waals surface area contributed by atoms with E-state index >= 15 is 0 Å². The third-order valence-electron chi connectivity index (χ3n) is 8.16. The Balaban J connectivity index is 1.17. The largest absolute Gasteiger partial charge is 0.457 e. The van der Waals surface area contributed by atoms with Gasteiger partial charge in [0.2, 0.25) is 0 Å². The van der Waals surface area contributed by atoms with Crippen molar-refractivity contribution in [2.45, 2.75) is 71.1 Å². The molecule has 4 nitrogen and oxygen atoms in total. The molecular weight excluding hydrogens is 482 g/mol. The number of fused-ring (bicyclic) bond motifs is 1. The molecule has 1 aliphatic carbocycles. The number of carbonyl (C=O) groups is 1. The molecular formula is C35H39NO3. The average Bonchev–Trinajstić information content (AvgIpc) is 3.38. The fraction of sp³-hybridized carbons (Fsp3) is 0.343. The van der Waals surface area contributed by atoms with E-state index in [0.717, 1.165) is 29.2 Å². The number of hydrogen-bond donors (Lipinski definition) is 1. The SMILES string of the molecule is Cc1cc2c(cc1Cc1ccc(C(=O)NCCc3ccc(Oc4ccccc4)cc3)o1)C(C)(C)CCC2(C)C. The summed E-state index contributed by atoms with van der Waals surface area (Å²) in [6.45, 7) is 12.1. The summed E-state index contributed by atoms with van der Waals surface area (Å²) in [5, 5.41) is 2.99. The summed E-state index contributed by atoms with van der Waals surface area (Å²) in [7, 11) is 0. The number of ether oxygens (including phenoxy) is 1. The van der Waals surface area contributed by atoms with Crippen LogP contribution < -0.4 is 10.1 Å². The molecule has 0 unspecified atom stereocenters. The molecule has 0 fully saturated rings. The molecule has 202 valence electrons. The zero-order valence-electron chi connectivity index (χ0n) is 23.8. The lowest BCUT2D eigenvalue weighted by atomic mass is 9.62. The predicted octanol–water partition coefficient (Wildman–Crippen LogP) is 8.29. The molecule has 0 saturated carbocycles. The molecule has 1 aliphatic rings. The summed E-state index contributed by atoms with van der Waals surface area (Å²) in [6.07, 6.45) is 3.80. The minimum Gasteiger partial charge on any atom is -0.457 e. The van der Waals surface area contributed by atoms with E-state index < -0.39 is 0 Å². The Morgan fingerprint density at radius 3 is 2.18 bits per heavy atom. The van der Waals surface area contributed by atoms with E-state index in [1.165, 1.54) is 35.1 Å². The lowest BCUT2D eigenvalue weighted by Crippen LogP contribution is -2.34. The Bertz CT molecular complexity index is 1450. The summed E-state index contributed by atoms with van der Waals surface area (Å²) >= 11 is 0. The smallest absolute Gasteiger partial charge is 0.287 e. The number of furan rings is 1. The predicted molar refractivity (Wildman–Crippen MR) is 157 cm³/mol. The first-order valence-corrected chi connectivity index (χ1v) is 13.9. The van der Waals surface area contributed by atoms with Gasteiger partial charge in [0.05, 0.1) is 0 Å². The van der Waals surface area contributed by atoms with Gasteiger partial charge in [0, 0.05) is 13.0 Å². The van der Waals surface area contributed by atoms with Crippen LogP contribution in [0.4, 0.5) is 0 Å². The Kier molecular flexibility index (Phi) is 7.40. The second kappa shape index (κ2) is 10.8. The third-order valence-corrected chi connectivity index (χ3v) is 8.16. The van der Waals surface area contributed by atoms with Gasteiger partial charge in [0.25, 0.3) is 5.91 Å². The van der Waals surface area contributed by atoms with Crippen LogP contribution >= 0.6 is 0 Å². The normalized spacial score (nSPS) is 15.4. The van der Waals surface area contributed by atoms with Crippen LogP contribution in [-0.2, 0) is 23.7 Å². The van der Waals surface area contributed by atoms with Gasteiger partial charge < -0.3 is 14.5 Å². The quantitative estimate of drug-likeness (QED) is 0.254. The van der Waals surface area contributed by atoms with E-state index in [9.17, 15) is 4.79 Å². The van der Waals surface area contributed by atoms with Crippen molar-refractivity contribution in [2.75, 3.05) is 6.54 Å². The zero-order valence-corrected chi connectivity index (χ0v) is 23.8. The van der Waals surface area contributed by atoms with Crippen LogP contribution in [0.15, 0.2) is 83.3 Å². The summed E-state index contributed by atoms with van der Waals surface area (Å²) < 4.78 is 11.8. The second-order valence-electron chi connectivity index (χ2n) is 12.1. The van der Waals surface area contributed by atoms with E-state index in [1.54, 1.807) is 6.07 Å². The highest BCUT2D eigenvalue weighted by atomic mass is 16.5. The van der Waals surface area contributed by atoms with Gasteiger partial charge in [0.1, 0.15) is 17.3 Å². The summed E-state index contributed by atoms with van der Waals surface area (Å²) in [6, 6.07) is 26.1. The van der Waals surface area contributed by atoms with E-state index in [1.807, 2.05) is 60.7 Å². The number of aryl methyl sites for hydroxylation is 1. The van der Waals surface area contributed by atoms with Crippen LogP contribution in [0.2, 0.25) is 0 Å². The van der Waals surface area contributed by atoms with Gasteiger partial charge in [-0.25, -0.2) is 0 Å². The minimum absolute atomic E-state index is 0.163. The van der Waals surface area contributed by atoms with E-state index in [2.05, 4.69) is 52.1 Å². The molecule has 1 heterocycles. The Labute approximate surface area is 232 Å². The molecule has 0 atom stereocenters. The molecule has 4 heteroatoms. The van der Waals surface area contributed by atoms with Gasteiger partial charge in [-0.3, -0.25) is 4.79 Å². The molecule has 1 aromatic heterocycles. The molecule has 0 bridgehead atoms. The van der Waals surface area contributed by atoms with Gasteiger partial charge in [0.15, 0.2) is 5.76 Å². The van der Waals surface area contributed by atoms with Crippen LogP contribution in [0, 0.1) is 6.92 Å². The number of amides is 1. The summed E-state index contributed by atoms with van der Waals surface area (Å²) in [4.78, 5) is 12.7. The van der Waals surface area contributed by atoms with Crippen molar-refractivity contribution in [3.8, 4) is 11.5 Å². The summed E-state index contributed by atoms with van der Waals surface area (Å²) in [5.74, 6) is 2.58. The maximum absolute atomic E-state index is 12.7. The topological polar surface area (TPSA) is 51.5 Å². The van der Waals surface area contributed by atoms with E-state index in [-0.39, 0.29) is 16.7 Å². The Morgan fingerprint density at radius 1 is 0.846 bits per heavy atom. The Hall–Kier alpha value is -3.79. The average molecular weight is 522 g/mol. The highest BCUT2D eigenvalue weighted by Crippen LogP contribution is 2.46. The molecule has 0 aliphatic heterocycles. The fourth-order valence-electron chi connectivity index (χ4n) is 5.50. The minimum atomic E-state index is -0.185.